The van der Waals surface area contributed by atoms with Gasteiger partial charge in [0.25, 0.3) is 11.6 Å². The number of nitro groups is 1. The Morgan fingerprint density at radius 1 is 1.18 bits per heavy atom. The van der Waals surface area contributed by atoms with Crippen LogP contribution in [0.4, 0.5) is 5.69 Å². The van der Waals surface area contributed by atoms with Crippen LogP contribution in [0, 0.1) is 10.1 Å². The third-order valence-electron chi connectivity index (χ3n) is 3.42. The van der Waals surface area contributed by atoms with Gasteiger partial charge in [-0.2, -0.15) is 0 Å². The maximum atomic E-state index is 12.2. The van der Waals surface area contributed by atoms with E-state index >= 15 is 0 Å². The Kier molecular flexibility index (Phi) is 3.57. The summed E-state index contributed by atoms with van der Waals surface area (Å²) in [5.74, 6) is -0.219. The molecule has 0 fully saturated rings. The molecule has 0 saturated heterocycles. The van der Waals surface area contributed by atoms with Gasteiger partial charge in [0.2, 0.25) is 0 Å². The van der Waals surface area contributed by atoms with Gasteiger partial charge in [-0.25, -0.2) is 0 Å². The highest BCUT2D eigenvalue weighted by Crippen LogP contribution is 2.23. The molecule has 1 aromatic heterocycles. The van der Waals surface area contributed by atoms with E-state index in [0.717, 1.165) is 5.56 Å². The van der Waals surface area contributed by atoms with Crippen LogP contribution in [0.1, 0.15) is 15.9 Å². The lowest BCUT2D eigenvalue weighted by molar-refractivity contribution is -0.384. The number of nitrogens with zero attached hydrogens (tertiary/aromatic N) is 1. The lowest BCUT2D eigenvalue weighted by Gasteiger charge is -2.04. The quantitative estimate of drug-likeness (QED) is 0.573. The van der Waals surface area contributed by atoms with Gasteiger partial charge in [0, 0.05) is 30.3 Å². The van der Waals surface area contributed by atoms with Crippen molar-refractivity contribution in [2.75, 3.05) is 0 Å². The molecule has 22 heavy (non-hydrogen) atoms. The summed E-state index contributed by atoms with van der Waals surface area (Å²) in [5, 5.41) is 14.3. The van der Waals surface area contributed by atoms with Crippen LogP contribution in [0.15, 0.2) is 54.7 Å². The lowest BCUT2D eigenvalue weighted by atomic mass is 10.1. The normalized spacial score (nSPS) is 10.5. The van der Waals surface area contributed by atoms with Crippen LogP contribution < -0.4 is 5.32 Å². The van der Waals surface area contributed by atoms with Crippen LogP contribution in [0.2, 0.25) is 0 Å². The number of aromatic nitrogens is 1. The van der Waals surface area contributed by atoms with Crippen LogP contribution in [0.3, 0.4) is 0 Å². The fourth-order valence-corrected chi connectivity index (χ4v) is 2.29. The molecule has 0 radical (unpaired) electrons. The predicted molar refractivity (Wildman–Crippen MR) is 82.6 cm³/mol. The highest BCUT2D eigenvalue weighted by atomic mass is 16.6. The highest BCUT2D eigenvalue weighted by Gasteiger charge is 2.14. The van der Waals surface area contributed by atoms with Crippen LogP contribution in [0.5, 0.6) is 0 Å². The molecule has 0 aliphatic carbocycles. The van der Waals surface area contributed by atoms with Gasteiger partial charge >= 0.3 is 0 Å². The Labute approximate surface area is 125 Å². The smallest absolute Gasteiger partial charge is 0.271 e. The van der Waals surface area contributed by atoms with Crippen LogP contribution in [-0.2, 0) is 6.54 Å². The minimum atomic E-state index is -0.463. The van der Waals surface area contributed by atoms with Crippen molar-refractivity contribution in [3.63, 3.8) is 0 Å². The Morgan fingerprint density at radius 2 is 1.95 bits per heavy atom. The second-order valence-electron chi connectivity index (χ2n) is 4.86. The summed E-state index contributed by atoms with van der Waals surface area (Å²) in [4.78, 5) is 25.4. The summed E-state index contributed by atoms with van der Waals surface area (Å²) in [6, 6.07) is 14.0. The van der Waals surface area contributed by atoms with E-state index in [-0.39, 0.29) is 11.6 Å². The third kappa shape index (κ3) is 2.67. The number of nitrogens with one attached hydrogen (secondary N) is 2. The second kappa shape index (κ2) is 5.69. The first-order valence-corrected chi connectivity index (χ1v) is 6.73. The summed E-state index contributed by atoms with van der Waals surface area (Å²) in [7, 11) is 0. The van der Waals surface area contributed by atoms with Crippen molar-refractivity contribution in [3.05, 3.63) is 76.0 Å². The van der Waals surface area contributed by atoms with Crippen LogP contribution in [0.25, 0.3) is 10.9 Å². The summed E-state index contributed by atoms with van der Waals surface area (Å²) in [6.45, 7) is 0.430. The number of nitro benzene ring substituents is 1. The van der Waals surface area contributed by atoms with Gasteiger partial charge in [-0.15, -0.1) is 0 Å². The van der Waals surface area contributed by atoms with Gasteiger partial charge < -0.3 is 10.3 Å². The Morgan fingerprint density at radius 3 is 2.68 bits per heavy atom. The molecular weight excluding hydrogens is 282 g/mol. The van der Waals surface area contributed by atoms with E-state index in [1.54, 1.807) is 12.3 Å². The Balaban J connectivity index is 1.81. The van der Waals surface area contributed by atoms with Crippen molar-refractivity contribution >= 4 is 22.5 Å². The molecule has 0 unspecified atom stereocenters. The summed E-state index contributed by atoms with van der Waals surface area (Å²) in [5.41, 5.74) is 2.04. The van der Waals surface area contributed by atoms with Crippen molar-refractivity contribution in [2.45, 2.75) is 6.54 Å². The Bertz CT molecular complexity index is 840. The van der Waals surface area contributed by atoms with Crippen LogP contribution >= 0.6 is 0 Å². The van der Waals surface area contributed by atoms with E-state index in [1.807, 2.05) is 30.3 Å². The van der Waals surface area contributed by atoms with Crippen molar-refractivity contribution in [1.82, 2.24) is 10.3 Å². The minimum absolute atomic E-state index is 0.00871. The minimum Gasteiger partial charge on any atom is -0.360 e. The van der Waals surface area contributed by atoms with Gasteiger partial charge in [0.1, 0.15) is 0 Å². The van der Waals surface area contributed by atoms with Crippen molar-refractivity contribution < 1.29 is 9.72 Å². The molecule has 2 N–H and O–H groups in total. The molecule has 0 aliphatic heterocycles. The summed E-state index contributed by atoms with van der Waals surface area (Å²) < 4.78 is 0. The molecule has 6 nitrogen and oxygen atoms in total. The molecule has 110 valence electrons. The average molecular weight is 295 g/mol. The summed E-state index contributed by atoms with van der Waals surface area (Å²) in [6.07, 6.45) is 1.56. The first-order valence-electron chi connectivity index (χ1n) is 6.73. The molecule has 6 heteroatoms. The SMILES string of the molecule is O=C(NCc1ccccc1)c1c[nH]c2cc([N+](=O)[O-])ccc12. The van der Waals surface area contributed by atoms with E-state index in [4.69, 9.17) is 0 Å². The monoisotopic (exact) mass is 295 g/mol. The molecule has 1 amide bonds. The van der Waals surface area contributed by atoms with E-state index in [1.165, 1.54) is 12.1 Å². The molecule has 3 aromatic rings. The standard InChI is InChI=1S/C16H13N3O3/c20-16(18-9-11-4-2-1-3-5-11)14-10-17-15-8-12(19(21)22)6-7-13(14)15/h1-8,10,17H,9H2,(H,18,20). The van der Waals surface area contributed by atoms with E-state index in [2.05, 4.69) is 10.3 Å². The average Bonchev–Trinajstić information content (AvgIpc) is 2.96. The molecule has 3 rings (SSSR count). The van der Waals surface area contributed by atoms with E-state index in [0.29, 0.717) is 23.0 Å². The number of rotatable bonds is 4. The summed E-state index contributed by atoms with van der Waals surface area (Å²) >= 11 is 0. The van der Waals surface area contributed by atoms with E-state index in [9.17, 15) is 14.9 Å². The largest absolute Gasteiger partial charge is 0.360 e. The molecule has 0 atom stereocenters. The first kappa shape index (κ1) is 13.8. The zero-order valence-corrected chi connectivity index (χ0v) is 11.6. The number of carbonyl (C=O) groups excluding carboxylic acids is 1. The van der Waals surface area contributed by atoms with E-state index < -0.39 is 4.92 Å². The van der Waals surface area contributed by atoms with Gasteiger partial charge in [-0.05, 0) is 11.6 Å². The zero-order valence-electron chi connectivity index (χ0n) is 11.6. The van der Waals surface area contributed by atoms with Gasteiger partial charge in [0.05, 0.1) is 16.0 Å². The molecule has 2 aromatic carbocycles. The predicted octanol–water partition coefficient (Wildman–Crippen LogP) is 3.01. The maximum absolute atomic E-state index is 12.2. The number of H-pyrrole nitrogens is 1. The number of benzene rings is 2. The van der Waals surface area contributed by atoms with Crippen molar-refractivity contribution in [3.8, 4) is 0 Å². The maximum Gasteiger partial charge on any atom is 0.271 e. The zero-order chi connectivity index (χ0) is 15.5. The van der Waals surface area contributed by atoms with Gasteiger partial charge in [0.15, 0.2) is 0 Å². The molecule has 0 saturated carbocycles. The second-order valence-corrected chi connectivity index (χ2v) is 4.86. The number of aromatic amines is 1. The van der Waals surface area contributed by atoms with Crippen molar-refractivity contribution in [1.29, 1.82) is 0 Å². The molecule has 1 heterocycles. The van der Waals surface area contributed by atoms with Crippen molar-refractivity contribution in [2.24, 2.45) is 0 Å². The number of fused-ring (bicyclic) bond motifs is 1. The number of amides is 1. The number of hydrogen-bond donors (Lipinski definition) is 2. The van der Waals surface area contributed by atoms with Crippen LogP contribution in [-0.4, -0.2) is 15.8 Å². The fourth-order valence-electron chi connectivity index (χ4n) is 2.29. The lowest BCUT2D eigenvalue weighted by Crippen LogP contribution is -2.22. The molecular formula is C16H13N3O3. The molecule has 0 bridgehead atoms. The highest BCUT2D eigenvalue weighted by molar-refractivity contribution is 6.07. The third-order valence-corrected chi connectivity index (χ3v) is 3.42. The molecule has 0 spiro atoms. The van der Waals surface area contributed by atoms with Gasteiger partial charge in [-0.3, -0.25) is 14.9 Å². The van der Waals surface area contributed by atoms with Gasteiger partial charge in [-0.1, -0.05) is 30.3 Å². The first-order chi connectivity index (χ1) is 10.6. The number of carbonyl (C=O) groups is 1. The Hall–Kier alpha value is -3.15. The molecule has 0 aliphatic rings. The number of non-ortho nitro benzene ring substituents is 1. The number of hydrogen-bond acceptors (Lipinski definition) is 3. The fraction of sp³-hybridized carbons (Fsp3) is 0.0625. The topological polar surface area (TPSA) is 88.0 Å².